The lowest BCUT2D eigenvalue weighted by Gasteiger charge is -2.17. The van der Waals surface area contributed by atoms with Gasteiger partial charge in [-0.15, -0.1) is 0 Å². The van der Waals surface area contributed by atoms with Crippen molar-refractivity contribution in [3.8, 4) is 0 Å². The highest BCUT2D eigenvalue weighted by molar-refractivity contribution is 7.81. The first kappa shape index (κ1) is 20.8. The van der Waals surface area contributed by atoms with Crippen LogP contribution in [0.5, 0.6) is 0 Å². The molecule has 0 saturated heterocycles. The van der Waals surface area contributed by atoms with Crippen LogP contribution in [0.15, 0.2) is 55.0 Å². The van der Waals surface area contributed by atoms with E-state index in [0.29, 0.717) is 17.1 Å². The molecule has 7 nitrogen and oxygen atoms in total. The minimum atomic E-state index is -4.61. The van der Waals surface area contributed by atoms with Gasteiger partial charge in [-0.2, -0.15) is 18.2 Å². The van der Waals surface area contributed by atoms with Crippen LogP contribution >= 0.6 is 12.8 Å². The fourth-order valence-corrected chi connectivity index (χ4v) is 3.26. The Morgan fingerprint density at radius 3 is 2.77 bits per heavy atom. The van der Waals surface area contributed by atoms with E-state index in [2.05, 4.69) is 43.4 Å². The van der Waals surface area contributed by atoms with Crippen LogP contribution < -0.4 is 14.9 Å². The number of halogens is 3. The largest absolute Gasteiger partial charge is 0.421 e. The first-order chi connectivity index (χ1) is 14.8. The molecule has 0 bridgehead atoms. The molecule has 0 spiro atoms. The van der Waals surface area contributed by atoms with E-state index in [-0.39, 0.29) is 18.3 Å². The van der Waals surface area contributed by atoms with Gasteiger partial charge in [0.25, 0.3) is 0 Å². The van der Waals surface area contributed by atoms with Gasteiger partial charge >= 0.3 is 6.18 Å². The highest BCUT2D eigenvalue weighted by Gasteiger charge is 2.35. The van der Waals surface area contributed by atoms with Crippen LogP contribution in [0.2, 0.25) is 0 Å². The van der Waals surface area contributed by atoms with Crippen molar-refractivity contribution >= 4 is 47.0 Å². The van der Waals surface area contributed by atoms with Crippen LogP contribution in [0.1, 0.15) is 11.1 Å². The van der Waals surface area contributed by atoms with Gasteiger partial charge in [-0.25, -0.2) is 9.97 Å². The summed E-state index contributed by atoms with van der Waals surface area (Å²) in [6, 6.07) is 10.9. The number of H-pyrrole nitrogens is 1. The number of anilines is 4. The molecule has 0 amide bonds. The number of nitrogens with zero attached hydrogens (tertiary/aromatic N) is 4. The Morgan fingerprint density at radius 1 is 1.16 bits per heavy atom. The van der Waals surface area contributed by atoms with Crippen LogP contribution in [0, 0.1) is 0 Å². The van der Waals surface area contributed by atoms with E-state index in [9.17, 15) is 13.2 Å². The Morgan fingerprint density at radius 2 is 2.00 bits per heavy atom. The number of aromatic amines is 1. The van der Waals surface area contributed by atoms with Gasteiger partial charge in [-0.1, -0.05) is 24.9 Å². The number of hydrogen-bond donors (Lipinski definition) is 4. The molecule has 0 saturated carbocycles. The van der Waals surface area contributed by atoms with Gasteiger partial charge in [0.15, 0.2) is 0 Å². The minimum absolute atomic E-state index is 0.0409. The molecule has 3 N–H and O–H groups in total. The molecule has 3 heterocycles. The smallest absolute Gasteiger partial charge is 0.365 e. The number of pyridine rings is 1. The van der Waals surface area contributed by atoms with Crippen molar-refractivity contribution < 1.29 is 13.2 Å². The number of hydrogen-bond acceptors (Lipinski definition) is 7. The summed E-state index contributed by atoms with van der Waals surface area (Å²) in [6.07, 6.45) is -0.456. The van der Waals surface area contributed by atoms with Crippen LogP contribution in [-0.4, -0.2) is 27.0 Å². The zero-order valence-corrected chi connectivity index (χ0v) is 17.2. The quantitative estimate of drug-likeness (QED) is 0.313. The van der Waals surface area contributed by atoms with Crippen molar-refractivity contribution in [3.63, 3.8) is 0 Å². The molecule has 1 aromatic carbocycles. The second-order valence-electron chi connectivity index (χ2n) is 6.72. The van der Waals surface area contributed by atoms with Crippen molar-refractivity contribution in [1.82, 2.24) is 19.9 Å². The molecule has 0 fully saturated rings. The topological polar surface area (TPSA) is 81.8 Å². The van der Waals surface area contributed by atoms with E-state index in [4.69, 9.17) is 0 Å². The Hall–Kier alpha value is -3.47. The number of rotatable bonds is 6. The normalized spacial score (nSPS) is 11.5. The highest BCUT2D eigenvalue weighted by atomic mass is 32.1. The van der Waals surface area contributed by atoms with Crippen molar-refractivity contribution in [2.45, 2.75) is 12.7 Å². The van der Waals surface area contributed by atoms with Crippen LogP contribution in [0.4, 0.5) is 36.4 Å². The monoisotopic (exact) mass is 445 g/mol. The molecule has 3 aromatic heterocycles. The van der Waals surface area contributed by atoms with E-state index >= 15 is 0 Å². The Kier molecular flexibility index (Phi) is 5.59. The van der Waals surface area contributed by atoms with E-state index in [1.165, 1.54) is 4.31 Å². The second-order valence-corrected chi connectivity index (χ2v) is 7.32. The number of benzene rings is 1. The summed E-state index contributed by atoms with van der Waals surface area (Å²) in [6.45, 7) is 0.0715. The SMILES string of the molecule is CN(S)c1ncccc1CNc1nc(Nc2ccc3cc[nH]c3c2)ncc1C(F)(F)F. The van der Waals surface area contributed by atoms with E-state index < -0.39 is 11.7 Å². The third-order valence-corrected chi connectivity index (χ3v) is 4.72. The fourth-order valence-electron chi connectivity index (χ4n) is 3.08. The number of fused-ring (bicyclic) bond motifs is 1. The van der Waals surface area contributed by atoms with Crippen LogP contribution in [-0.2, 0) is 12.7 Å². The summed E-state index contributed by atoms with van der Waals surface area (Å²) in [5.41, 5.74) is 1.24. The maximum Gasteiger partial charge on any atom is 0.421 e. The zero-order valence-electron chi connectivity index (χ0n) is 16.3. The summed E-state index contributed by atoms with van der Waals surface area (Å²) in [5.74, 6) is 0.236. The maximum atomic E-state index is 13.5. The number of thiol groups is 1. The molecule has 0 aliphatic carbocycles. The Bertz CT molecular complexity index is 1210. The van der Waals surface area contributed by atoms with E-state index in [1.807, 2.05) is 18.2 Å². The average Bonchev–Trinajstić information content (AvgIpc) is 3.19. The molecular weight excluding hydrogens is 427 g/mol. The molecule has 0 radical (unpaired) electrons. The van der Waals surface area contributed by atoms with Crippen LogP contribution in [0.3, 0.4) is 0 Å². The van der Waals surface area contributed by atoms with Gasteiger partial charge in [0.2, 0.25) is 5.95 Å². The third-order valence-electron chi connectivity index (χ3n) is 4.53. The standard InChI is InChI=1S/C20H18F3N7S/c1-30(31)18-13(3-2-7-25-18)10-26-17-15(20(21,22)23)11-27-19(29-17)28-14-5-4-12-6-8-24-16(12)9-14/h2-9,11,24,31H,10H2,1H3,(H2,26,27,28,29). The molecule has 31 heavy (non-hydrogen) atoms. The zero-order chi connectivity index (χ0) is 22.0. The molecule has 4 rings (SSSR count). The third kappa shape index (κ3) is 4.66. The first-order valence-corrected chi connectivity index (χ1v) is 9.60. The minimum Gasteiger partial charge on any atom is -0.365 e. The molecule has 0 aliphatic heterocycles. The predicted octanol–water partition coefficient (Wildman–Crippen LogP) is 5.01. The molecular formula is C20H18F3N7S. The van der Waals surface area contributed by atoms with Gasteiger partial charge in [0.1, 0.15) is 17.2 Å². The summed E-state index contributed by atoms with van der Waals surface area (Å²) in [4.78, 5) is 15.2. The average molecular weight is 445 g/mol. The Balaban J connectivity index is 1.62. The lowest BCUT2D eigenvalue weighted by atomic mass is 10.2. The van der Waals surface area contributed by atoms with Gasteiger partial charge in [-0.05, 0) is 29.7 Å². The second kappa shape index (κ2) is 8.34. The Labute approximate surface area is 181 Å². The first-order valence-electron chi connectivity index (χ1n) is 9.20. The summed E-state index contributed by atoms with van der Waals surface area (Å²) < 4.78 is 42.0. The lowest BCUT2D eigenvalue weighted by Crippen LogP contribution is -2.15. The van der Waals surface area contributed by atoms with Gasteiger partial charge in [0.05, 0.1) is 0 Å². The molecule has 0 unspecified atom stereocenters. The summed E-state index contributed by atoms with van der Waals surface area (Å²) in [5, 5.41) is 6.73. The van der Waals surface area contributed by atoms with Crippen molar-refractivity contribution in [2.75, 3.05) is 22.0 Å². The van der Waals surface area contributed by atoms with E-state index in [1.54, 1.807) is 37.6 Å². The van der Waals surface area contributed by atoms with Crippen LogP contribution in [0.25, 0.3) is 10.9 Å². The van der Waals surface area contributed by atoms with Gasteiger partial charge < -0.3 is 19.9 Å². The van der Waals surface area contributed by atoms with Gasteiger partial charge in [-0.3, -0.25) is 0 Å². The summed E-state index contributed by atoms with van der Waals surface area (Å²) >= 11 is 4.22. The molecule has 4 aromatic rings. The molecule has 160 valence electrons. The van der Waals surface area contributed by atoms with Crippen molar-refractivity contribution in [3.05, 3.63) is 66.1 Å². The van der Waals surface area contributed by atoms with Crippen molar-refractivity contribution in [2.24, 2.45) is 0 Å². The number of alkyl halides is 3. The predicted molar refractivity (Wildman–Crippen MR) is 118 cm³/mol. The maximum absolute atomic E-state index is 13.5. The number of nitrogens with one attached hydrogen (secondary N) is 3. The molecule has 11 heteroatoms. The molecule has 0 aliphatic rings. The summed E-state index contributed by atoms with van der Waals surface area (Å²) in [7, 11) is 1.68. The number of aromatic nitrogens is 4. The van der Waals surface area contributed by atoms with E-state index in [0.717, 1.165) is 17.1 Å². The lowest BCUT2D eigenvalue weighted by molar-refractivity contribution is -0.137. The highest BCUT2D eigenvalue weighted by Crippen LogP contribution is 2.34. The molecule has 0 atom stereocenters. The fraction of sp³-hybridized carbons (Fsp3) is 0.150. The van der Waals surface area contributed by atoms with Crippen molar-refractivity contribution in [1.29, 1.82) is 0 Å². The van der Waals surface area contributed by atoms with Gasteiger partial charge in [0, 0.05) is 49.0 Å².